The van der Waals surface area contributed by atoms with Crippen LogP contribution in [0.15, 0.2) is 4.99 Å². The van der Waals surface area contributed by atoms with Crippen LogP contribution in [0, 0.1) is 12.3 Å². The van der Waals surface area contributed by atoms with Gasteiger partial charge in [0.1, 0.15) is 11.6 Å². The maximum atomic E-state index is 5.60. The Morgan fingerprint density at radius 3 is 2.76 bits per heavy atom. The van der Waals surface area contributed by atoms with Crippen LogP contribution >= 0.6 is 24.0 Å². The van der Waals surface area contributed by atoms with Crippen molar-refractivity contribution in [2.24, 2.45) is 10.4 Å². The molecule has 1 aromatic heterocycles. The normalized spacial score (nSPS) is 19.0. The number of ether oxygens (including phenoxy) is 1. The number of fused-ring (bicyclic) bond motifs is 1. The summed E-state index contributed by atoms with van der Waals surface area (Å²) in [4.78, 5) is 9.19. The molecule has 0 spiro atoms. The van der Waals surface area contributed by atoms with Gasteiger partial charge in [0.2, 0.25) is 0 Å². The molecule has 0 bridgehead atoms. The summed E-state index contributed by atoms with van der Waals surface area (Å²) in [5.74, 6) is 2.77. The summed E-state index contributed by atoms with van der Waals surface area (Å²) < 4.78 is 7.60. The molecule has 0 saturated carbocycles. The van der Waals surface area contributed by atoms with E-state index in [0.29, 0.717) is 12.6 Å². The summed E-state index contributed by atoms with van der Waals surface area (Å²) in [7, 11) is 1.75. The lowest BCUT2D eigenvalue weighted by molar-refractivity contribution is 0.0241. The van der Waals surface area contributed by atoms with E-state index in [9.17, 15) is 0 Å². The first-order valence-electron chi connectivity index (χ1n) is 8.81. The van der Waals surface area contributed by atoms with Crippen molar-refractivity contribution in [2.45, 2.75) is 66.2 Å². The maximum absolute atomic E-state index is 5.60. The number of aromatic nitrogens is 3. The molecule has 0 saturated heterocycles. The third kappa shape index (κ3) is 6.40. The highest BCUT2D eigenvalue weighted by Crippen LogP contribution is 2.21. The molecule has 7 nitrogen and oxygen atoms in total. The van der Waals surface area contributed by atoms with E-state index < -0.39 is 0 Å². The molecule has 0 amide bonds. The largest absolute Gasteiger partial charge is 0.379 e. The van der Waals surface area contributed by atoms with Crippen molar-refractivity contribution in [1.29, 1.82) is 0 Å². The van der Waals surface area contributed by atoms with Crippen LogP contribution in [-0.2, 0) is 17.7 Å². The molecule has 2 N–H and O–H groups in total. The molecule has 2 unspecified atom stereocenters. The zero-order valence-electron chi connectivity index (χ0n) is 16.3. The SMILES string of the molecule is CCNC(=NCC(OC)C(C)(C)C)NC1CCc2nc(C)nn2C1.I. The molecule has 0 fully saturated rings. The molecular formula is C17H33IN6O. The van der Waals surface area contributed by atoms with Gasteiger partial charge in [0, 0.05) is 26.1 Å². The highest BCUT2D eigenvalue weighted by atomic mass is 127. The minimum atomic E-state index is 0. The Labute approximate surface area is 168 Å². The molecule has 2 rings (SSSR count). The van der Waals surface area contributed by atoms with E-state index in [1.807, 2.05) is 11.6 Å². The molecule has 0 radical (unpaired) electrons. The lowest BCUT2D eigenvalue weighted by Crippen LogP contribution is -2.47. The topological polar surface area (TPSA) is 76.4 Å². The average Bonchev–Trinajstić information content (AvgIpc) is 2.86. The summed E-state index contributed by atoms with van der Waals surface area (Å²) >= 11 is 0. The highest BCUT2D eigenvalue weighted by molar-refractivity contribution is 14.0. The number of hydrogen-bond donors (Lipinski definition) is 2. The smallest absolute Gasteiger partial charge is 0.191 e. The Bertz CT molecular complexity index is 566. The van der Waals surface area contributed by atoms with E-state index in [4.69, 9.17) is 9.73 Å². The van der Waals surface area contributed by atoms with E-state index >= 15 is 0 Å². The van der Waals surface area contributed by atoms with Gasteiger partial charge in [0.05, 0.1) is 19.2 Å². The van der Waals surface area contributed by atoms with Gasteiger partial charge < -0.3 is 15.4 Å². The zero-order valence-corrected chi connectivity index (χ0v) is 18.6. The minimum Gasteiger partial charge on any atom is -0.379 e. The number of guanidine groups is 1. The van der Waals surface area contributed by atoms with E-state index in [2.05, 4.69) is 48.4 Å². The van der Waals surface area contributed by atoms with E-state index in [1.54, 1.807) is 7.11 Å². The van der Waals surface area contributed by atoms with Crippen molar-refractivity contribution < 1.29 is 4.74 Å². The Kier molecular flexibility index (Phi) is 8.59. The Balaban J connectivity index is 0.00000312. The van der Waals surface area contributed by atoms with Gasteiger partial charge >= 0.3 is 0 Å². The van der Waals surface area contributed by atoms with Crippen LogP contribution in [0.25, 0.3) is 0 Å². The molecule has 1 aromatic rings. The lowest BCUT2D eigenvalue weighted by atomic mass is 9.89. The number of rotatable bonds is 5. The molecule has 8 heteroatoms. The van der Waals surface area contributed by atoms with Gasteiger partial charge in [-0.2, -0.15) is 5.10 Å². The Morgan fingerprint density at radius 2 is 2.16 bits per heavy atom. The van der Waals surface area contributed by atoms with Crippen molar-refractivity contribution in [3.05, 3.63) is 11.6 Å². The van der Waals surface area contributed by atoms with Crippen molar-refractivity contribution in [2.75, 3.05) is 20.2 Å². The third-order valence-corrected chi connectivity index (χ3v) is 4.31. The van der Waals surface area contributed by atoms with Gasteiger partial charge in [-0.25, -0.2) is 9.67 Å². The zero-order chi connectivity index (χ0) is 17.7. The number of nitrogens with zero attached hydrogens (tertiary/aromatic N) is 4. The first-order chi connectivity index (χ1) is 11.3. The van der Waals surface area contributed by atoms with E-state index in [0.717, 1.165) is 43.5 Å². The highest BCUT2D eigenvalue weighted by Gasteiger charge is 2.25. The second-order valence-corrected chi connectivity index (χ2v) is 7.45. The summed E-state index contributed by atoms with van der Waals surface area (Å²) in [5, 5.41) is 11.3. The minimum absolute atomic E-state index is 0. The number of methoxy groups -OCH3 is 1. The molecule has 2 heterocycles. The number of hydrogen-bond acceptors (Lipinski definition) is 4. The molecule has 25 heavy (non-hydrogen) atoms. The van der Waals surface area contributed by atoms with Crippen molar-refractivity contribution in [3.8, 4) is 0 Å². The summed E-state index contributed by atoms with van der Waals surface area (Å²) in [6.45, 7) is 12.8. The van der Waals surface area contributed by atoms with Gasteiger partial charge in [-0.1, -0.05) is 20.8 Å². The number of aliphatic imine (C=N–C) groups is 1. The summed E-state index contributed by atoms with van der Waals surface area (Å²) in [6, 6.07) is 0.312. The number of halogens is 1. The van der Waals surface area contributed by atoms with Gasteiger partial charge in [-0.05, 0) is 25.7 Å². The van der Waals surface area contributed by atoms with Crippen LogP contribution in [-0.4, -0.2) is 53.1 Å². The lowest BCUT2D eigenvalue weighted by Gasteiger charge is -2.29. The molecule has 144 valence electrons. The van der Waals surface area contributed by atoms with E-state index in [-0.39, 0.29) is 35.5 Å². The van der Waals surface area contributed by atoms with Gasteiger partial charge in [-0.3, -0.25) is 4.99 Å². The van der Waals surface area contributed by atoms with Crippen molar-refractivity contribution in [3.63, 3.8) is 0 Å². The monoisotopic (exact) mass is 464 g/mol. The molecule has 0 aromatic carbocycles. The van der Waals surface area contributed by atoms with Crippen molar-refractivity contribution in [1.82, 2.24) is 25.4 Å². The quantitative estimate of drug-likeness (QED) is 0.397. The second kappa shape index (κ2) is 9.70. The first kappa shape index (κ1) is 22.1. The predicted octanol–water partition coefficient (Wildman–Crippen LogP) is 2.14. The standard InChI is InChI=1S/C17H32N6O.HI/c1-7-18-16(19-10-14(24-6)17(3,4)5)21-13-8-9-15-20-12(2)22-23(15)11-13;/h13-14H,7-11H2,1-6H3,(H2,18,19,21);1H. The van der Waals surface area contributed by atoms with Crippen molar-refractivity contribution >= 4 is 29.9 Å². The molecule has 1 aliphatic rings. The van der Waals surface area contributed by atoms with Crippen LogP contribution in [0.4, 0.5) is 0 Å². The fraction of sp³-hybridized carbons (Fsp3) is 0.824. The predicted molar refractivity (Wildman–Crippen MR) is 112 cm³/mol. The molecular weight excluding hydrogens is 431 g/mol. The fourth-order valence-corrected chi connectivity index (χ4v) is 2.94. The van der Waals surface area contributed by atoms with Gasteiger partial charge in [0.25, 0.3) is 0 Å². The van der Waals surface area contributed by atoms with Crippen LogP contribution in [0.1, 0.15) is 45.8 Å². The number of nitrogens with one attached hydrogen (secondary N) is 2. The first-order valence-corrected chi connectivity index (χ1v) is 8.81. The van der Waals surface area contributed by atoms with Gasteiger partial charge in [-0.15, -0.1) is 24.0 Å². The van der Waals surface area contributed by atoms with Crippen LogP contribution in [0.2, 0.25) is 0 Å². The Morgan fingerprint density at radius 1 is 1.44 bits per heavy atom. The van der Waals surface area contributed by atoms with Gasteiger partial charge in [0.15, 0.2) is 5.96 Å². The van der Waals surface area contributed by atoms with E-state index in [1.165, 1.54) is 0 Å². The average molecular weight is 464 g/mol. The van der Waals surface area contributed by atoms with Crippen LogP contribution < -0.4 is 10.6 Å². The number of aryl methyl sites for hydroxylation is 2. The second-order valence-electron chi connectivity index (χ2n) is 7.45. The van der Waals surface area contributed by atoms with Crippen LogP contribution in [0.3, 0.4) is 0 Å². The van der Waals surface area contributed by atoms with Crippen LogP contribution in [0.5, 0.6) is 0 Å². The molecule has 2 atom stereocenters. The summed E-state index contributed by atoms with van der Waals surface area (Å²) in [5.41, 5.74) is 0.0631. The fourth-order valence-electron chi connectivity index (χ4n) is 2.94. The Hall–Kier alpha value is -0.900. The third-order valence-electron chi connectivity index (χ3n) is 4.31. The summed E-state index contributed by atoms with van der Waals surface area (Å²) in [6.07, 6.45) is 2.07. The molecule has 1 aliphatic heterocycles. The maximum Gasteiger partial charge on any atom is 0.191 e. The molecule has 0 aliphatic carbocycles.